The fourth-order valence-corrected chi connectivity index (χ4v) is 1.61. The molecule has 0 aliphatic heterocycles. The summed E-state index contributed by atoms with van der Waals surface area (Å²) in [5.74, 6) is 3.26. The van der Waals surface area contributed by atoms with Crippen molar-refractivity contribution in [3.63, 3.8) is 0 Å². The molecule has 0 spiro atoms. The molecule has 2 rings (SSSR count). The molecule has 0 aromatic heterocycles. The first kappa shape index (κ1) is 22.2. The molecular formula is C16H12K2O4. The monoisotopic (exact) mass is 346 g/mol. The first-order valence-electron chi connectivity index (χ1n) is 5.75. The third-order valence-electron chi connectivity index (χ3n) is 2.55. The Bertz CT molecular complexity index is 699. The number of hydrogen-bond acceptors (Lipinski definition) is 2. The van der Waals surface area contributed by atoms with E-state index in [4.69, 9.17) is 10.2 Å². The van der Waals surface area contributed by atoms with Crippen molar-refractivity contribution in [3.05, 3.63) is 70.8 Å². The van der Waals surface area contributed by atoms with E-state index in [1.807, 2.05) is 30.3 Å². The summed E-state index contributed by atoms with van der Waals surface area (Å²) >= 11 is 0. The SMILES string of the molecule is O=C(O)c1cc(C#Cc2ccccc2)cc(C(=O)O)c1.[KH].[KH]. The summed E-state index contributed by atoms with van der Waals surface area (Å²) in [4.78, 5) is 21.9. The zero-order valence-corrected chi connectivity index (χ0v) is 10.3. The number of aromatic carboxylic acids is 2. The van der Waals surface area contributed by atoms with E-state index in [1.165, 1.54) is 12.1 Å². The Hall–Kier alpha value is 0.213. The van der Waals surface area contributed by atoms with Crippen molar-refractivity contribution < 1.29 is 19.8 Å². The van der Waals surface area contributed by atoms with E-state index < -0.39 is 11.9 Å². The molecule has 0 saturated heterocycles. The Labute approximate surface area is 213 Å². The van der Waals surface area contributed by atoms with Crippen LogP contribution in [-0.4, -0.2) is 125 Å². The summed E-state index contributed by atoms with van der Waals surface area (Å²) in [6, 6.07) is 13.0. The molecule has 0 aliphatic carbocycles. The van der Waals surface area contributed by atoms with Crippen molar-refractivity contribution in [2.24, 2.45) is 0 Å². The zero-order chi connectivity index (χ0) is 14.5. The van der Waals surface area contributed by atoms with Crippen molar-refractivity contribution in [3.8, 4) is 11.8 Å². The van der Waals surface area contributed by atoms with Gasteiger partial charge in [0.2, 0.25) is 0 Å². The molecule has 0 unspecified atom stereocenters. The van der Waals surface area contributed by atoms with Gasteiger partial charge in [0.05, 0.1) is 11.1 Å². The fraction of sp³-hybridized carbons (Fsp3) is 0. The third kappa shape index (κ3) is 6.76. The van der Waals surface area contributed by atoms with Gasteiger partial charge in [-0.3, -0.25) is 0 Å². The van der Waals surface area contributed by atoms with Crippen molar-refractivity contribution in [2.45, 2.75) is 0 Å². The van der Waals surface area contributed by atoms with E-state index in [2.05, 4.69) is 11.8 Å². The van der Waals surface area contributed by atoms with E-state index >= 15 is 0 Å². The number of carboxylic acid groups (broad SMARTS) is 2. The van der Waals surface area contributed by atoms with Gasteiger partial charge >= 0.3 is 115 Å². The molecule has 0 amide bonds. The van der Waals surface area contributed by atoms with Gasteiger partial charge in [0.25, 0.3) is 0 Å². The average Bonchev–Trinajstić information content (AvgIpc) is 2.45. The van der Waals surface area contributed by atoms with Gasteiger partial charge < -0.3 is 10.2 Å². The Kier molecular flexibility index (Phi) is 11.0. The fourth-order valence-electron chi connectivity index (χ4n) is 1.61. The van der Waals surface area contributed by atoms with Crippen LogP contribution >= 0.6 is 0 Å². The molecule has 102 valence electrons. The van der Waals surface area contributed by atoms with Crippen molar-refractivity contribution in [2.75, 3.05) is 0 Å². The van der Waals surface area contributed by atoms with Gasteiger partial charge in [-0.2, -0.15) is 0 Å². The van der Waals surface area contributed by atoms with Gasteiger partial charge in [-0.15, -0.1) is 0 Å². The molecule has 2 N–H and O–H groups in total. The summed E-state index contributed by atoms with van der Waals surface area (Å²) in [6.07, 6.45) is 0. The maximum absolute atomic E-state index is 11.0. The molecule has 0 saturated carbocycles. The first-order chi connectivity index (χ1) is 9.56. The van der Waals surface area contributed by atoms with Crippen LogP contribution < -0.4 is 0 Å². The Morgan fingerprint density at radius 3 is 1.64 bits per heavy atom. The quantitative estimate of drug-likeness (QED) is 0.633. The maximum atomic E-state index is 11.0. The van der Waals surface area contributed by atoms with Gasteiger partial charge in [-0.1, -0.05) is 30.0 Å². The van der Waals surface area contributed by atoms with Crippen LogP contribution in [-0.2, 0) is 0 Å². The number of hydrogen-bond donors (Lipinski definition) is 2. The molecule has 2 aromatic rings. The molecule has 0 radical (unpaired) electrons. The average molecular weight is 346 g/mol. The number of benzene rings is 2. The van der Waals surface area contributed by atoms with Gasteiger partial charge in [0, 0.05) is 11.1 Å². The molecule has 0 fully saturated rings. The number of carboxylic acids is 2. The first-order valence-corrected chi connectivity index (χ1v) is 5.75. The van der Waals surface area contributed by atoms with E-state index in [0.717, 1.165) is 11.6 Å². The normalized spacial score (nSPS) is 8.55. The molecule has 6 heteroatoms. The predicted octanol–water partition coefficient (Wildman–Crippen LogP) is 1.19. The van der Waals surface area contributed by atoms with Crippen LogP contribution in [0.3, 0.4) is 0 Å². The van der Waals surface area contributed by atoms with Crippen LogP contribution in [0.2, 0.25) is 0 Å². The van der Waals surface area contributed by atoms with E-state index in [0.29, 0.717) is 5.56 Å². The summed E-state index contributed by atoms with van der Waals surface area (Å²) in [5.41, 5.74) is 0.931. The summed E-state index contributed by atoms with van der Waals surface area (Å²) in [5, 5.41) is 17.9. The van der Waals surface area contributed by atoms with E-state index in [9.17, 15) is 9.59 Å². The summed E-state index contributed by atoms with van der Waals surface area (Å²) in [6.45, 7) is 0. The van der Waals surface area contributed by atoms with Gasteiger partial charge in [0.15, 0.2) is 0 Å². The Morgan fingerprint density at radius 1 is 0.727 bits per heavy atom. The minimum absolute atomic E-state index is 0. The van der Waals surface area contributed by atoms with Crippen LogP contribution in [0.1, 0.15) is 31.8 Å². The second-order valence-corrected chi connectivity index (χ2v) is 4.03. The van der Waals surface area contributed by atoms with Crippen LogP contribution in [0.4, 0.5) is 0 Å². The van der Waals surface area contributed by atoms with Crippen molar-refractivity contribution in [1.82, 2.24) is 0 Å². The van der Waals surface area contributed by atoms with E-state index in [-0.39, 0.29) is 114 Å². The van der Waals surface area contributed by atoms with Crippen LogP contribution in [0, 0.1) is 11.8 Å². The topological polar surface area (TPSA) is 74.6 Å². The van der Waals surface area contributed by atoms with Crippen LogP contribution in [0.5, 0.6) is 0 Å². The second kappa shape index (κ2) is 10.9. The molecule has 0 bridgehead atoms. The van der Waals surface area contributed by atoms with Crippen molar-refractivity contribution in [1.29, 1.82) is 0 Å². The Morgan fingerprint density at radius 2 is 1.18 bits per heavy atom. The van der Waals surface area contributed by atoms with Gasteiger partial charge in [-0.25, -0.2) is 9.59 Å². The summed E-state index contributed by atoms with van der Waals surface area (Å²) in [7, 11) is 0. The molecule has 4 nitrogen and oxygen atoms in total. The van der Waals surface area contributed by atoms with Crippen LogP contribution in [0.15, 0.2) is 48.5 Å². The predicted molar refractivity (Wildman–Crippen MR) is 87.1 cm³/mol. The zero-order valence-electron chi connectivity index (χ0n) is 10.3. The standard InChI is InChI=1S/C16H10O4.2K.2H/c17-15(18)13-8-12(9-14(10-13)16(19)20)7-6-11-4-2-1-3-5-11;;;;/h1-5,8-10H,(H,17,18)(H,19,20);;;;. The molecular weight excluding hydrogens is 334 g/mol. The molecule has 0 atom stereocenters. The van der Waals surface area contributed by atoms with Gasteiger partial charge in [-0.05, 0) is 30.3 Å². The van der Waals surface area contributed by atoms with Crippen molar-refractivity contribution >= 4 is 115 Å². The minimum atomic E-state index is -1.18. The van der Waals surface area contributed by atoms with Crippen LogP contribution in [0.25, 0.3) is 0 Å². The molecule has 2 aromatic carbocycles. The number of carbonyl (C=O) groups is 2. The third-order valence-corrected chi connectivity index (χ3v) is 2.55. The molecule has 22 heavy (non-hydrogen) atoms. The summed E-state index contributed by atoms with van der Waals surface area (Å²) < 4.78 is 0. The second-order valence-electron chi connectivity index (χ2n) is 4.03. The molecule has 0 aliphatic rings. The van der Waals surface area contributed by atoms with E-state index in [1.54, 1.807) is 0 Å². The number of rotatable bonds is 2. The van der Waals surface area contributed by atoms with Gasteiger partial charge in [0.1, 0.15) is 0 Å². The Balaban J connectivity index is 0.00000220. The molecule has 0 heterocycles.